The summed E-state index contributed by atoms with van der Waals surface area (Å²) in [6, 6.07) is 2.25. The third kappa shape index (κ3) is 6.37. The molecule has 0 radical (unpaired) electrons. The minimum Gasteiger partial charge on any atom is -0.448 e. The highest BCUT2D eigenvalue weighted by Gasteiger charge is 2.48. The van der Waals surface area contributed by atoms with Crippen LogP contribution >= 0.6 is 0 Å². The summed E-state index contributed by atoms with van der Waals surface area (Å²) >= 11 is 0. The predicted molar refractivity (Wildman–Crippen MR) is 90.5 cm³/mol. The van der Waals surface area contributed by atoms with Crippen LogP contribution in [0.3, 0.4) is 0 Å². The summed E-state index contributed by atoms with van der Waals surface area (Å²) in [4.78, 5) is 24.0. The van der Waals surface area contributed by atoms with Crippen LogP contribution in [-0.2, 0) is 20.5 Å². The predicted octanol–water partition coefficient (Wildman–Crippen LogP) is 4.94. The molecule has 4 nitrogen and oxygen atoms in total. The van der Waals surface area contributed by atoms with E-state index in [1.54, 1.807) is 0 Å². The van der Waals surface area contributed by atoms with Crippen LogP contribution < -0.4 is 5.32 Å². The Bertz CT molecular complexity index is 725. The van der Waals surface area contributed by atoms with Crippen LogP contribution in [0.25, 0.3) is 0 Å². The molecule has 1 amide bonds. The van der Waals surface area contributed by atoms with E-state index in [-0.39, 0.29) is 11.8 Å². The van der Waals surface area contributed by atoms with Gasteiger partial charge in [-0.1, -0.05) is 31.0 Å². The van der Waals surface area contributed by atoms with E-state index in [4.69, 9.17) is 0 Å². The molecule has 29 heavy (non-hydrogen) atoms. The van der Waals surface area contributed by atoms with E-state index < -0.39 is 48.0 Å². The summed E-state index contributed by atoms with van der Waals surface area (Å²) in [7, 11) is 0. The van der Waals surface area contributed by atoms with E-state index in [1.807, 2.05) is 0 Å². The number of esters is 1. The molecule has 0 saturated heterocycles. The van der Waals surface area contributed by atoms with Crippen LogP contribution in [0, 0.1) is 5.92 Å². The zero-order valence-electron chi connectivity index (χ0n) is 15.6. The lowest BCUT2D eigenvalue weighted by molar-refractivity contribution is -0.226. The Kier molecular flexibility index (Phi) is 7.18. The number of hydrogen-bond donors (Lipinski definition) is 1. The normalized spacial score (nSPS) is 17.6. The Hall–Kier alpha value is -2.26. The fourth-order valence-corrected chi connectivity index (χ4v) is 3.32. The molecule has 10 heteroatoms. The lowest BCUT2D eigenvalue weighted by atomic mass is 10.0. The third-order valence-electron chi connectivity index (χ3n) is 4.68. The third-order valence-corrected chi connectivity index (χ3v) is 4.68. The molecular weight excluding hydrogens is 404 g/mol. The number of ether oxygens (including phenoxy) is 1. The molecule has 1 aromatic rings. The van der Waals surface area contributed by atoms with Crippen molar-refractivity contribution in [3.63, 3.8) is 0 Å². The number of alkyl halides is 6. The minimum atomic E-state index is -5.24. The molecule has 1 aliphatic rings. The molecule has 1 aliphatic carbocycles. The van der Waals surface area contributed by atoms with Crippen LogP contribution in [0.5, 0.6) is 0 Å². The molecule has 0 unspecified atom stereocenters. The smallest absolute Gasteiger partial charge is 0.429 e. The minimum absolute atomic E-state index is 0.199. The van der Waals surface area contributed by atoms with Gasteiger partial charge in [-0.15, -0.1) is 0 Å². The Labute approximate surface area is 163 Å². The van der Waals surface area contributed by atoms with Gasteiger partial charge in [0.05, 0.1) is 12.0 Å². The van der Waals surface area contributed by atoms with E-state index in [0.29, 0.717) is 25.0 Å². The second-order valence-corrected chi connectivity index (χ2v) is 7.09. The Morgan fingerprint density at radius 2 is 1.69 bits per heavy atom. The first-order chi connectivity index (χ1) is 13.4. The van der Waals surface area contributed by atoms with E-state index in [9.17, 15) is 35.9 Å². The number of carbonyl (C=O) groups is 2. The molecule has 0 aromatic heterocycles. The maximum Gasteiger partial charge on any atom is 0.429 e. The van der Waals surface area contributed by atoms with Crippen molar-refractivity contribution in [3.05, 3.63) is 35.4 Å². The molecule has 162 valence electrons. The van der Waals surface area contributed by atoms with Gasteiger partial charge in [-0.3, -0.25) is 9.59 Å². The summed E-state index contributed by atoms with van der Waals surface area (Å²) in [5.74, 6) is -1.85. The largest absolute Gasteiger partial charge is 0.448 e. The van der Waals surface area contributed by atoms with Crippen molar-refractivity contribution in [2.45, 2.75) is 63.5 Å². The first kappa shape index (κ1) is 23.0. The summed E-state index contributed by atoms with van der Waals surface area (Å²) in [5.41, 5.74) is -2.72. The van der Waals surface area contributed by atoms with Gasteiger partial charge in [0.1, 0.15) is 0 Å². The standard InChI is InChI=1S/C19H21F6NO3/c1-11(26-17(28)12-6-2-3-7-12)10-15(27)29-16(19(23,24)25)13-8-4-5-9-14(13)18(20,21)22/h4-5,8-9,11-12,16H,2-3,6-7,10H2,1H3,(H,26,28)/t11-,16-/m1/s1. The van der Waals surface area contributed by atoms with Gasteiger partial charge < -0.3 is 10.1 Å². The van der Waals surface area contributed by atoms with Gasteiger partial charge in [-0.25, -0.2) is 0 Å². The van der Waals surface area contributed by atoms with Crippen molar-refractivity contribution in [1.29, 1.82) is 0 Å². The molecule has 0 heterocycles. The first-order valence-electron chi connectivity index (χ1n) is 9.12. The van der Waals surface area contributed by atoms with E-state index >= 15 is 0 Å². The Balaban J connectivity index is 2.09. The molecule has 1 fully saturated rings. The molecule has 1 saturated carbocycles. The monoisotopic (exact) mass is 425 g/mol. The molecule has 1 N–H and O–H groups in total. The van der Waals surface area contributed by atoms with Crippen LogP contribution in [0.1, 0.15) is 56.3 Å². The molecular formula is C19H21F6NO3. The summed E-state index contributed by atoms with van der Waals surface area (Å²) in [6.45, 7) is 1.42. The van der Waals surface area contributed by atoms with Gasteiger partial charge in [-0.05, 0) is 25.8 Å². The van der Waals surface area contributed by atoms with Crippen LogP contribution in [0.4, 0.5) is 26.3 Å². The number of benzene rings is 1. The molecule has 0 aliphatic heterocycles. The van der Waals surface area contributed by atoms with Crippen molar-refractivity contribution < 1.29 is 40.7 Å². The fourth-order valence-electron chi connectivity index (χ4n) is 3.32. The topological polar surface area (TPSA) is 55.4 Å². The van der Waals surface area contributed by atoms with Gasteiger partial charge in [0.2, 0.25) is 12.0 Å². The highest BCUT2D eigenvalue weighted by molar-refractivity contribution is 5.80. The molecule has 2 rings (SSSR count). The summed E-state index contributed by atoms with van der Waals surface area (Å²) in [5, 5.41) is 2.54. The van der Waals surface area contributed by atoms with Crippen LogP contribution in [0.2, 0.25) is 0 Å². The quantitative estimate of drug-likeness (QED) is 0.519. The maximum absolute atomic E-state index is 13.4. The lowest BCUT2D eigenvalue weighted by Crippen LogP contribution is -2.38. The van der Waals surface area contributed by atoms with Gasteiger partial charge in [-0.2, -0.15) is 26.3 Å². The number of amides is 1. The second-order valence-electron chi connectivity index (χ2n) is 7.09. The Morgan fingerprint density at radius 3 is 2.24 bits per heavy atom. The number of nitrogens with one attached hydrogen (secondary N) is 1. The SMILES string of the molecule is C[C@H](CC(=O)O[C@H](c1ccccc1C(F)(F)F)C(F)(F)F)NC(=O)C1CCCC1. The zero-order chi connectivity index (χ0) is 21.8. The summed E-state index contributed by atoms with van der Waals surface area (Å²) in [6.07, 6.45) is -10.7. The second kappa shape index (κ2) is 9.04. The van der Waals surface area contributed by atoms with Gasteiger partial charge in [0.15, 0.2) is 0 Å². The van der Waals surface area contributed by atoms with Crippen LogP contribution in [0.15, 0.2) is 24.3 Å². The van der Waals surface area contributed by atoms with E-state index in [0.717, 1.165) is 25.0 Å². The molecule has 2 atom stereocenters. The maximum atomic E-state index is 13.4. The van der Waals surface area contributed by atoms with Gasteiger partial charge in [0, 0.05) is 17.5 Å². The Morgan fingerprint density at radius 1 is 1.10 bits per heavy atom. The number of carbonyl (C=O) groups excluding carboxylic acids is 2. The van der Waals surface area contributed by atoms with Gasteiger partial charge in [0.25, 0.3) is 0 Å². The molecule has 1 aromatic carbocycles. The van der Waals surface area contributed by atoms with Crippen molar-refractivity contribution in [1.82, 2.24) is 5.32 Å². The van der Waals surface area contributed by atoms with Crippen molar-refractivity contribution in [3.8, 4) is 0 Å². The van der Waals surface area contributed by atoms with Gasteiger partial charge >= 0.3 is 18.3 Å². The number of rotatable bonds is 6. The highest BCUT2D eigenvalue weighted by atomic mass is 19.4. The summed E-state index contributed by atoms with van der Waals surface area (Å²) < 4.78 is 83.8. The fraction of sp³-hybridized carbons (Fsp3) is 0.579. The van der Waals surface area contributed by atoms with E-state index in [1.165, 1.54) is 6.92 Å². The number of hydrogen-bond acceptors (Lipinski definition) is 3. The lowest BCUT2D eigenvalue weighted by Gasteiger charge is -2.25. The average Bonchev–Trinajstić information content (AvgIpc) is 3.12. The highest BCUT2D eigenvalue weighted by Crippen LogP contribution is 2.42. The molecule has 0 bridgehead atoms. The molecule has 0 spiro atoms. The van der Waals surface area contributed by atoms with Crippen LogP contribution in [-0.4, -0.2) is 24.1 Å². The van der Waals surface area contributed by atoms with Crippen molar-refractivity contribution in [2.75, 3.05) is 0 Å². The number of halogens is 6. The first-order valence-corrected chi connectivity index (χ1v) is 9.12. The van der Waals surface area contributed by atoms with Crippen molar-refractivity contribution in [2.24, 2.45) is 5.92 Å². The average molecular weight is 425 g/mol. The van der Waals surface area contributed by atoms with E-state index in [2.05, 4.69) is 10.1 Å². The van der Waals surface area contributed by atoms with Crippen molar-refractivity contribution >= 4 is 11.9 Å². The zero-order valence-corrected chi connectivity index (χ0v) is 15.6.